The Kier molecular flexibility index (Phi) is 5.16. The summed E-state index contributed by atoms with van der Waals surface area (Å²) in [7, 11) is -2.13. The van der Waals surface area contributed by atoms with Crippen molar-refractivity contribution in [2.24, 2.45) is 7.05 Å². The van der Waals surface area contributed by atoms with Crippen LogP contribution in [-0.4, -0.2) is 59.5 Å². The number of aryl methyl sites for hydroxylation is 3. The first-order valence-electron chi connectivity index (χ1n) is 8.61. The minimum absolute atomic E-state index is 0.169. The van der Waals surface area contributed by atoms with Crippen LogP contribution in [0.5, 0.6) is 0 Å². The zero-order valence-electron chi connectivity index (χ0n) is 15.5. The van der Waals surface area contributed by atoms with Crippen molar-refractivity contribution >= 4 is 15.9 Å². The molecular formula is C18H22N4O4S. The SMILES string of the molecule is Cc1ccc(C)c(S(=O)(=O)N2CCN(C(=O)c3ccc(=O)n(C)n3)CC2)c1. The van der Waals surface area contributed by atoms with E-state index in [-0.39, 0.29) is 43.3 Å². The maximum absolute atomic E-state index is 13.0. The highest BCUT2D eigenvalue weighted by Gasteiger charge is 2.31. The van der Waals surface area contributed by atoms with Crippen molar-refractivity contribution in [1.29, 1.82) is 0 Å². The van der Waals surface area contributed by atoms with Gasteiger partial charge < -0.3 is 4.90 Å². The molecule has 144 valence electrons. The fraction of sp³-hybridized carbons (Fsp3) is 0.389. The number of hydrogen-bond acceptors (Lipinski definition) is 5. The van der Waals surface area contributed by atoms with Gasteiger partial charge in [-0.15, -0.1) is 0 Å². The van der Waals surface area contributed by atoms with Gasteiger partial charge in [-0.2, -0.15) is 9.40 Å². The first kappa shape index (κ1) is 19.2. The van der Waals surface area contributed by atoms with E-state index < -0.39 is 10.0 Å². The van der Waals surface area contributed by atoms with Crippen molar-refractivity contribution in [3.8, 4) is 0 Å². The highest BCUT2D eigenvalue weighted by atomic mass is 32.2. The van der Waals surface area contributed by atoms with Crippen LogP contribution in [0.15, 0.2) is 40.0 Å². The molecule has 8 nitrogen and oxygen atoms in total. The van der Waals surface area contributed by atoms with Gasteiger partial charge in [0.2, 0.25) is 10.0 Å². The molecule has 0 saturated carbocycles. The fourth-order valence-corrected chi connectivity index (χ4v) is 4.77. The molecule has 0 spiro atoms. The predicted molar refractivity (Wildman–Crippen MR) is 100 cm³/mol. The highest BCUT2D eigenvalue weighted by molar-refractivity contribution is 7.89. The van der Waals surface area contributed by atoms with Crippen LogP contribution in [0.1, 0.15) is 21.6 Å². The molecule has 9 heteroatoms. The van der Waals surface area contributed by atoms with Crippen LogP contribution in [0.25, 0.3) is 0 Å². The van der Waals surface area contributed by atoms with Crippen LogP contribution in [0, 0.1) is 13.8 Å². The van der Waals surface area contributed by atoms with E-state index in [1.54, 1.807) is 24.0 Å². The van der Waals surface area contributed by atoms with Gasteiger partial charge in [-0.3, -0.25) is 9.59 Å². The van der Waals surface area contributed by atoms with Crippen molar-refractivity contribution in [1.82, 2.24) is 19.0 Å². The number of aromatic nitrogens is 2. The van der Waals surface area contributed by atoms with Gasteiger partial charge in [0.1, 0.15) is 5.69 Å². The molecule has 0 aliphatic carbocycles. The average Bonchev–Trinajstić information content (AvgIpc) is 2.65. The molecular weight excluding hydrogens is 368 g/mol. The zero-order valence-corrected chi connectivity index (χ0v) is 16.4. The Morgan fingerprint density at radius 2 is 1.70 bits per heavy atom. The largest absolute Gasteiger partial charge is 0.335 e. The van der Waals surface area contributed by atoms with Gasteiger partial charge in [0, 0.05) is 39.3 Å². The summed E-state index contributed by atoms with van der Waals surface area (Å²) in [6.45, 7) is 4.61. The van der Waals surface area contributed by atoms with Gasteiger partial charge in [0.05, 0.1) is 4.90 Å². The molecule has 2 aromatic rings. The van der Waals surface area contributed by atoms with Gasteiger partial charge in [-0.25, -0.2) is 13.1 Å². The summed E-state index contributed by atoms with van der Waals surface area (Å²) in [5.41, 5.74) is 1.46. The lowest BCUT2D eigenvalue weighted by atomic mass is 10.2. The molecule has 1 aromatic heterocycles. The van der Waals surface area contributed by atoms with Gasteiger partial charge >= 0.3 is 0 Å². The highest BCUT2D eigenvalue weighted by Crippen LogP contribution is 2.22. The Hall–Kier alpha value is -2.52. The van der Waals surface area contributed by atoms with E-state index in [2.05, 4.69) is 5.10 Å². The Bertz CT molecular complexity index is 1040. The summed E-state index contributed by atoms with van der Waals surface area (Å²) in [6.07, 6.45) is 0. The van der Waals surface area contributed by atoms with E-state index >= 15 is 0 Å². The third-order valence-electron chi connectivity index (χ3n) is 4.67. The van der Waals surface area contributed by atoms with Crippen LogP contribution >= 0.6 is 0 Å². The lowest BCUT2D eigenvalue weighted by molar-refractivity contribution is 0.0689. The molecule has 0 bridgehead atoms. The molecule has 0 N–H and O–H groups in total. The normalized spacial score (nSPS) is 15.7. The first-order chi connectivity index (χ1) is 12.7. The van der Waals surface area contributed by atoms with Crippen molar-refractivity contribution in [3.05, 3.63) is 57.5 Å². The minimum atomic E-state index is -3.61. The van der Waals surface area contributed by atoms with Crippen molar-refractivity contribution < 1.29 is 13.2 Å². The minimum Gasteiger partial charge on any atom is -0.335 e. The van der Waals surface area contributed by atoms with Crippen molar-refractivity contribution in [2.45, 2.75) is 18.7 Å². The van der Waals surface area contributed by atoms with Crippen LogP contribution in [-0.2, 0) is 17.1 Å². The number of rotatable bonds is 3. The lowest BCUT2D eigenvalue weighted by Crippen LogP contribution is -2.50. The topological polar surface area (TPSA) is 92.6 Å². The second kappa shape index (κ2) is 7.24. The molecule has 0 radical (unpaired) electrons. The number of piperazine rings is 1. The number of carbonyl (C=O) groups excluding carboxylic acids is 1. The van der Waals surface area contributed by atoms with E-state index in [1.165, 1.54) is 23.5 Å². The summed E-state index contributed by atoms with van der Waals surface area (Å²) >= 11 is 0. The smallest absolute Gasteiger partial charge is 0.274 e. The third kappa shape index (κ3) is 3.79. The lowest BCUT2D eigenvalue weighted by Gasteiger charge is -2.34. The van der Waals surface area contributed by atoms with Crippen molar-refractivity contribution in [2.75, 3.05) is 26.2 Å². The molecule has 1 fully saturated rings. The van der Waals surface area contributed by atoms with E-state index in [4.69, 9.17) is 0 Å². The van der Waals surface area contributed by atoms with E-state index in [1.807, 2.05) is 13.0 Å². The fourth-order valence-electron chi connectivity index (χ4n) is 3.03. The molecule has 1 saturated heterocycles. The number of carbonyl (C=O) groups is 1. The molecule has 1 aliphatic rings. The zero-order chi connectivity index (χ0) is 19.8. The number of amides is 1. The summed E-state index contributed by atoms with van der Waals surface area (Å²) in [5, 5.41) is 3.97. The summed E-state index contributed by atoms with van der Waals surface area (Å²) in [5.74, 6) is -0.311. The Morgan fingerprint density at radius 1 is 1.04 bits per heavy atom. The Labute approximate surface area is 158 Å². The molecule has 1 aliphatic heterocycles. The monoisotopic (exact) mass is 390 g/mol. The van der Waals surface area contributed by atoms with Crippen molar-refractivity contribution in [3.63, 3.8) is 0 Å². The molecule has 1 amide bonds. The van der Waals surface area contributed by atoms with Crippen LogP contribution in [0.4, 0.5) is 0 Å². The quantitative estimate of drug-likeness (QED) is 0.763. The third-order valence-corrected chi connectivity index (χ3v) is 6.71. The second-order valence-electron chi connectivity index (χ2n) is 6.65. The maximum atomic E-state index is 13.0. The number of hydrogen-bond donors (Lipinski definition) is 0. The number of benzene rings is 1. The number of sulfonamides is 1. The second-order valence-corrected chi connectivity index (χ2v) is 8.55. The molecule has 27 heavy (non-hydrogen) atoms. The van der Waals surface area contributed by atoms with Crippen LogP contribution in [0.2, 0.25) is 0 Å². The van der Waals surface area contributed by atoms with Gasteiger partial charge in [-0.1, -0.05) is 12.1 Å². The van der Waals surface area contributed by atoms with E-state index in [9.17, 15) is 18.0 Å². The molecule has 3 rings (SSSR count). The first-order valence-corrected chi connectivity index (χ1v) is 10.1. The molecule has 0 unspecified atom stereocenters. The molecule has 0 atom stereocenters. The number of nitrogens with zero attached hydrogens (tertiary/aromatic N) is 4. The predicted octanol–water partition coefficient (Wildman–Crippen LogP) is 0.544. The standard InChI is InChI=1S/C18H22N4O4S/c1-13-4-5-14(2)16(12-13)27(25,26)22-10-8-21(9-11-22)18(24)15-6-7-17(23)20(3)19-15/h4-7,12H,8-11H2,1-3H3. The van der Waals surface area contributed by atoms with Gasteiger partial charge in [-0.05, 0) is 37.1 Å². The van der Waals surface area contributed by atoms with E-state index in [0.29, 0.717) is 10.5 Å². The summed E-state index contributed by atoms with van der Waals surface area (Å²) in [6, 6.07) is 8.04. The molecule has 1 aromatic carbocycles. The summed E-state index contributed by atoms with van der Waals surface area (Å²) < 4.78 is 28.4. The maximum Gasteiger partial charge on any atom is 0.274 e. The Morgan fingerprint density at radius 3 is 2.33 bits per heavy atom. The Balaban J connectivity index is 1.74. The van der Waals surface area contributed by atoms with E-state index in [0.717, 1.165) is 10.2 Å². The van der Waals surface area contributed by atoms with Gasteiger partial charge in [0.15, 0.2) is 0 Å². The van der Waals surface area contributed by atoms with Gasteiger partial charge in [0.25, 0.3) is 11.5 Å². The average molecular weight is 390 g/mol. The van der Waals surface area contributed by atoms with Crippen LogP contribution < -0.4 is 5.56 Å². The summed E-state index contributed by atoms with van der Waals surface area (Å²) in [4.78, 5) is 25.8. The van der Waals surface area contributed by atoms with Crippen LogP contribution in [0.3, 0.4) is 0 Å². The molecule has 2 heterocycles.